The molecular formula is C31H42N4O4. The van der Waals surface area contributed by atoms with Gasteiger partial charge in [-0.15, -0.1) is 0 Å². The van der Waals surface area contributed by atoms with E-state index in [1.54, 1.807) is 0 Å². The molecule has 0 radical (unpaired) electrons. The van der Waals surface area contributed by atoms with E-state index in [-0.39, 0.29) is 12.1 Å². The third-order valence-electron chi connectivity index (χ3n) is 8.36. The molecule has 0 bridgehead atoms. The first kappa shape index (κ1) is 27.6. The van der Waals surface area contributed by atoms with Crippen LogP contribution in [0.3, 0.4) is 0 Å². The van der Waals surface area contributed by atoms with E-state index in [0.29, 0.717) is 11.6 Å². The van der Waals surface area contributed by atoms with Gasteiger partial charge in [0, 0.05) is 79.4 Å². The van der Waals surface area contributed by atoms with E-state index in [4.69, 9.17) is 9.15 Å². The van der Waals surface area contributed by atoms with E-state index in [1.165, 1.54) is 5.57 Å². The number of furan rings is 1. The molecule has 2 aliphatic rings. The Morgan fingerprint density at radius 3 is 2.64 bits per heavy atom. The molecule has 3 N–H and O–H groups in total. The molecule has 0 aliphatic carbocycles. The normalized spacial score (nSPS) is 17.9. The highest BCUT2D eigenvalue weighted by molar-refractivity contribution is 5.90. The van der Waals surface area contributed by atoms with Crippen LogP contribution in [0.5, 0.6) is 0 Å². The lowest BCUT2D eigenvalue weighted by Crippen LogP contribution is -2.40. The Morgan fingerprint density at radius 2 is 1.97 bits per heavy atom. The Balaban J connectivity index is 1.56. The molecule has 1 aromatic carbocycles. The Hall–Kier alpha value is -2.91. The number of anilines is 1. The smallest absolute Gasteiger partial charge is 0.252 e. The highest BCUT2D eigenvalue weighted by Crippen LogP contribution is 2.39. The van der Waals surface area contributed by atoms with Gasteiger partial charge in [0.25, 0.3) is 5.56 Å². The second-order valence-corrected chi connectivity index (χ2v) is 11.1. The van der Waals surface area contributed by atoms with Crippen molar-refractivity contribution in [3.63, 3.8) is 0 Å². The monoisotopic (exact) mass is 534 g/mol. The minimum absolute atomic E-state index is 0.126. The maximum atomic E-state index is 12.6. The molecule has 0 spiro atoms. The molecule has 5 rings (SSSR count). The zero-order valence-corrected chi connectivity index (χ0v) is 23.9. The maximum Gasteiger partial charge on any atom is 0.252 e. The Kier molecular flexibility index (Phi) is 8.28. The fourth-order valence-electron chi connectivity index (χ4n) is 6.12. The summed E-state index contributed by atoms with van der Waals surface area (Å²) in [7, 11) is 2.12. The number of pyridine rings is 1. The van der Waals surface area contributed by atoms with Crippen molar-refractivity contribution in [1.82, 2.24) is 15.2 Å². The minimum Gasteiger partial charge on any atom is -0.456 e. The van der Waals surface area contributed by atoms with E-state index < -0.39 is 6.23 Å². The van der Waals surface area contributed by atoms with Crippen molar-refractivity contribution in [3.05, 3.63) is 68.3 Å². The predicted octanol–water partition coefficient (Wildman–Crippen LogP) is 4.55. The number of aromatic amines is 1. The molecule has 4 heterocycles. The molecule has 8 nitrogen and oxygen atoms in total. The zero-order chi connectivity index (χ0) is 27.7. The number of ether oxygens (including phenoxy) is 1. The summed E-state index contributed by atoms with van der Waals surface area (Å²) >= 11 is 0. The Bertz CT molecular complexity index is 1420. The molecule has 1 atom stereocenters. The Labute approximate surface area is 230 Å². The summed E-state index contributed by atoms with van der Waals surface area (Å²) in [6.07, 6.45) is 4.13. The number of H-pyrrole nitrogens is 1. The third-order valence-corrected chi connectivity index (χ3v) is 8.36. The molecule has 2 aromatic heterocycles. The second kappa shape index (κ2) is 11.7. The van der Waals surface area contributed by atoms with Gasteiger partial charge in [-0.2, -0.15) is 0 Å². The van der Waals surface area contributed by atoms with Crippen molar-refractivity contribution in [2.75, 3.05) is 44.8 Å². The van der Waals surface area contributed by atoms with Gasteiger partial charge >= 0.3 is 0 Å². The molecule has 0 saturated carbocycles. The van der Waals surface area contributed by atoms with Crippen LogP contribution in [0.25, 0.3) is 16.5 Å². The Morgan fingerprint density at radius 1 is 1.21 bits per heavy atom. The first-order valence-electron chi connectivity index (χ1n) is 14.2. The number of hydrogen-bond donors (Lipinski definition) is 3. The molecular weight excluding hydrogens is 492 g/mol. The van der Waals surface area contributed by atoms with Crippen LogP contribution in [0.15, 0.2) is 33.5 Å². The quantitative estimate of drug-likeness (QED) is 0.365. The summed E-state index contributed by atoms with van der Waals surface area (Å²) in [4.78, 5) is 20.2. The van der Waals surface area contributed by atoms with Crippen LogP contribution >= 0.6 is 0 Å². The lowest BCUT2D eigenvalue weighted by Gasteiger charge is -2.37. The van der Waals surface area contributed by atoms with Crippen molar-refractivity contribution in [3.8, 4) is 0 Å². The highest BCUT2D eigenvalue weighted by atomic mass is 16.5. The SMILES string of the molecule is CCN(c1cc2oc(C3=CCN(C)CC3)cc2c(C(O)NCc2c(C)cc(C)[nH]c2=O)c1C)C1CCOCC1. The lowest BCUT2D eigenvalue weighted by molar-refractivity contribution is 0.0846. The average molecular weight is 535 g/mol. The van der Waals surface area contributed by atoms with E-state index >= 15 is 0 Å². The van der Waals surface area contributed by atoms with E-state index in [1.807, 2.05) is 19.9 Å². The van der Waals surface area contributed by atoms with Crippen LogP contribution in [0.1, 0.15) is 66.1 Å². The molecule has 39 heavy (non-hydrogen) atoms. The number of benzene rings is 1. The van der Waals surface area contributed by atoms with E-state index in [0.717, 1.165) is 96.9 Å². The van der Waals surface area contributed by atoms with Crippen molar-refractivity contribution < 1.29 is 14.3 Å². The van der Waals surface area contributed by atoms with Crippen LogP contribution in [0, 0.1) is 20.8 Å². The van der Waals surface area contributed by atoms with Crippen LogP contribution in [-0.4, -0.2) is 60.9 Å². The number of aryl methyl sites for hydroxylation is 2. The average Bonchev–Trinajstić information content (AvgIpc) is 3.33. The van der Waals surface area contributed by atoms with Gasteiger partial charge < -0.3 is 29.0 Å². The number of rotatable bonds is 8. The van der Waals surface area contributed by atoms with Crippen LogP contribution in [0.2, 0.25) is 0 Å². The third kappa shape index (κ3) is 5.70. The summed E-state index contributed by atoms with van der Waals surface area (Å²) in [5.74, 6) is 0.864. The molecule has 1 unspecified atom stereocenters. The van der Waals surface area contributed by atoms with E-state index in [9.17, 15) is 9.90 Å². The van der Waals surface area contributed by atoms with Gasteiger partial charge in [-0.25, -0.2) is 0 Å². The number of aliphatic hydroxyl groups is 1. The molecule has 0 amide bonds. The number of hydrogen-bond acceptors (Lipinski definition) is 7. The number of nitrogens with one attached hydrogen (secondary N) is 2. The van der Waals surface area contributed by atoms with Crippen LogP contribution < -0.4 is 15.8 Å². The molecule has 8 heteroatoms. The fraction of sp³-hybridized carbons (Fsp3) is 0.516. The van der Waals surface area contributed by atoms with Crippen LogP contribution in [0.4, 0.5) is 5.69 Å². The largest absolute Gasteiger partial charge is 0.456 e. The minimum atomic E-state index is -0.974. The topological polar surface area (TPSA) is 94.0 Å². The lowest BCUT2D eigenvalue weighted by atomic mass is 9.97. The summed E-state index contributed by atoms with van der Waals surface area (Å²) in [5.41, 5.74) is 7.12. The first-order valence-corrected chi connectivity index (χ1v) is 14.2. The van der Waals surface area contributed by atoms with Crippen molar-refractivity contribution in [2.45, 2.75) is 65.8 Å². The number of likely N-dealkylation sites (N-methyl/N-ethyl adjacent to an activating group) is 1. The summed E-state index contributed by atoms with van der Waals surface area (Å²) in [5, 5.41) is 15.8. The maximum absolute atomic E-state index is 12.6. The summed E-state index contributed by atoms with van der Waals surface area (Å²) in [6.45, 7) is 12.6. The van der Waals surface area contributed by atoms with Gasteiger partial charge in [0.15, 0.2) is 0 Å². The van der Waals surface area contributed by atoms with Gasteiger partial charge in [0.1, 0.15) is 17.6 Å². The highest BCUT2D eigenvalue weighted by Gasteiger charge is 2.27. The van der Waals surface area contributed by atoms with Gasteiger partial charge in [0.2, 0.25) is 0 Å². The predicted molar refractivity (Wildman–Crippen MR) is 156 cm³/mol. The van der Waals surface area contributed by atoms with Crippen molar-refractivity contribution in [2.24, 2.45) is 0 Å². The number of aliphatic hydroxyl groups excluding tert-OH is 1. The standard InChI is InChI=1S/C31H42N4O4/c1-6-35(23-9-13-38-14-10-23)26-17-28-24(16-27(39-28)22-7-11-34(5)12-8-22)29(21(26)4)31(37)32-18-25-19(2)15-20(3)33-30(25)36/h7,15-17,23,31-32,37H,6,8-14,18H2,1-5H3,(H,33,36). The number of aromatic nitrogens is 1. The van der Waals surface area contributed by atoms with Gasteiger partial charge in [-0.05, 0) is 82.8 Å². The summed E-state index contributed by atoms with van der Waals surface area (Å²) < 4.78 is 12.1. The second-order valence-electron chi connectivity index (χ2n) is 11.1. The van der Waals surface area contributed by atoms with Crippen LogP contribution in [-0.2, 0) is 11.3 Å². The fourth-order valence-corrected chi connectivity index (χ4v) is 6.12. The van der Waals surface area contributed by atoms with Crippen molar-refractivity contribution in [1.29, 1.82) is 0 Å². The number of nitrogens with zero attached hydrogens (tertiary/aromatic N) is 2. The van der Waals surface area contributed by atoms with E-state index in [2.05, 4.69) is 59.2 Å². The molecule has 1 saturated heterocycles. The van der Waals surface area contributed by atoms with Gasteiger partial charge in [0.05, 0.1) is 0 Å². The number of fused-ring (bicyclic) bond motifs is 1. The molecule has 3 aromatic rings. The zero-order valence-electron chi connectivity index (χ0n) is 23.9. The molecule has 210 valence electrons. The molecule has 2 aliphatic heterocycles. The van der Waals surface area contributed by atoms with Gasteiger partial charge in [-0.1, -0.05) is 6.08 Å². The molecule has 1 fully saturated rings. The first-order chi connectivity index (χ1) is 18.8. The van der Waals surface area contributed by atoms with Crippen molar-refractivity contribution >= 4 is 22.2 Å². The van der Waals surface area contributed by atoms with Gasteiger partial charge in [-0.3, -0.25) is 10.1 Å². The summed E-state index contributed by atoms with van der Waals surface area (Å²) in [6, 6.07) is 6.56.